The number of rotatable bonds is 50. The highest BCUT2D eigenvalue weighted by Gasteiger charge is 2.24. The van der Waals surface area contributed by atoms with Gasteiger partial charge in [-0.25, -0.2) is 0 Å². The minimum Gasteiger partial charge on any atom is -0.462 e. The molecule has 0 aromatic heterocycles. The highest BCUT2D eigenvalue weighted by Crippen LogP contribution is 2.18. The van der Waals surface area contributed by atoms with Gasteiger partial charge in [-0.05, 0) is 57.8 Å². The van der Waals surface area contributed by atoms with Crippen LogP contribution in [0.15, 0.2) is 60.8 Å². The van der Waals surface area contributed by atoms with E-state index in [4.69, 9.17) is 4.74 Å². The third kappa shape index (κ3) is 47.8. The fourth-order valence-corrected chi connectivity index (χ4v) is 8.42. The summed E-state index contributed by atoms with van der Waals surface area (Å²) in [5.74, 6) is -0.562. The molecule has 3 unspecified atom stereocenters. The average Bonchev–Trinajstić information content (AvgIpc) is 3.30. The number of carbonyl (C=O) groups excluding carboxylic acids is 2. The van der Waals surface area contributed by atoms with E-state index in [-0.39, 0.29) is 31.3 Å². The van der Waals surface area contributed by atoms with Gasteiger partial charge < -0.3 is 20.3 Å². The second-order valence-electron chi connectivity index (χ2n) is 19.0. The van der Waals surface area contributed by atoms with Crippen molar-refractivity contribution < 1.29 is 24.5 Å². The Labute approximate surface area is 403 Å². The predicted octanol–water partition coefficient (Wildman–Crippen LogP) is 17.2. The summed E-state index contributed by atoms with van der Waals surface area (Å²) in [7, 11) is 0. The summed E-state index contributed by atoms with van der Waals surface area (Å²) >= 11 is 0. The number of hydrogen-bond acceptors (Lipinski definition) is 5. The number of allylic oxidation sites excluding steroid dienone is 10. The molecular formula is C59H107NO5. The molecule has 0 aromatic rings. The van der Waals surface area contributed by atoms with Crippen molar-refractivity contribution in [2.24, 2.45) is 0 Å². The quantitative estimate of drug-likeness (QED) is 0.0321. The van der Waals surface area contributed by atoms with Crippen LogP contribution in [0.1, 0.15) is 278 Å². The second kappa shape index (κ2) is 52.5. The lowest BCUT2D eigenvalue weighted by atomic mass is 10.0. The summed E-state index contributed by atoms with van der Waals surface area (Å²) in [4.78, 5) is 26.2. The van der Waals surface area contributed by atoms with E-state index in [2.05, 4.69) is 80.8 Å². The second-order valence-corrected chi connectivity index (χ2v) is 19.0. The van der Waals surface area contributed by atoms with Gasteiger partial charge in [0.15, 0.2) is 0 Å². The molecule has 1 amide bonds. The van der Waals surface area contributed by atoms with Gasteiger partial charge in [0.25, 0.3) is 0 Å². The molecule has 378 valence electrons. The zero-order chi connectivity index (χ0) is 47.4. The van der Waals surface area contributed by atoms with Gasteiger partial charge in [0.1, 0.15) is 6.10 Å². The molecule has 3 N–H and O–H groups in total. The number of nitrogens with one attached hydrogen (secondary N) is 1. The summed E-state index contributed by atoms with van der Waals surface area (Å²) in [6.45, 7) is 6.38. The van der Waals surface area contributed by atoms with E-state index in [1.54, 1.807) is 0 Å². The van der Waals surface area contributed by atoms with Gasteiger partial charge in [-0.15, -0.1) is 0 Å². The molecule has 0 saturated carbocycles. The first-order chi connectivity index (χ1) is 32.0. The van der Waals surface area contributed by atoms with Crippen LogP contribution >= 0.6 is 0 Å². The lowest BCUT2D eigenvalue weighted by Crippen LogP contribution is -2.46. The van der Waals surface area contributed by atoms with Gasteiger partial charge in [0, 0.05) is 6.42 Å². The number of hydrogen-bond donors (Lipinski definition) is 3. The van der Waals surface area contributed by atoms with Gasteiger partial charge in [0.2, 0.25) is 5.91 Å². The minimum atomic E-state index is -0.800. The summed E-state index contributed by atoms with van der Waals surface area (Å²) in [5.41, 5.74) is 0. The number of esters is 1. The third-order valence-electron chi connectivity index (χ3n) is 12.6. The first kappa shape index (κ1) is 62.6. The van der Waals surface area contributed by atoms with Crippen molar-refractivity contribution in [2.75, 3.05) is 6.61 Å². The normalized spacial score (nSPS) is 13.6. The third-order valence-corrected chi connectivity index (χ3v) is 12.6. The highest BCUT2D eigenvalue weighted by molar-refractivity contribution is 5.77. The maximum absolute atomic E-state index is 13.2. The Balaban J connectivity index is 4.65. The molecule has 6 nitrogen and oxygen atoms in total. The number of aliphatic hydroxyl groups excluding tert-OH is 2. The average molecular weight is 911 g/mol. The van der Waals surface area contributed by atoms with Crippen molar-refractivity contribution in [1.82, 2.24) is 5.32 Å². The Morgan fingerprint density at radius 2 is 0.800 bits per heavy atom. The summed E-state index contributed by atoms with van der Waals surface area (Å²) < 4.78 is 5.91. The Kier molecular flexibility index (Phi) is 50.6. The molecule has 0 radical (unpaired) electrons. The number of unbranched alkanes of at least 4 members (excludes halogenated alkanes) is 28. The van der Waals surface area contributed by atoms with E-state index in [1.807, 2.05) is 6.08 Å². The smallest absolute Gasteiger partial charge is 0.306 e. The first-order valence-electron chi connectivity index (χ1n) is 28.0. The number of aliphatic hydroxyl groups is 2. The number of carbonyl (C=O) groups is 2. The van der Waals surface area contributed by atoms with Crippen molar-refractivity contribution in [2.45, 2.75) is 296 Å². The Morgan fingerprint density at radius 3 is 1.17 bits per heavy atom. The van der Waals surface area contributed by atoms with Crippen molar-refractivity contribution in [3.63, 3.8) is 0 Å². The Bertz CT molecular complexity index is 1160. The van der Waals surface area contributed by atoms with Gasteiger partial charge in [-0.2, -0.15) is 0 Å². The lowest BCUT2D eigenvalue weighted by Gasteiger charge is -2.24. The van der Waals surface area contributed by atoms with Crippen LogP contribution in [-0.4, -0.2) is 46.9 Å². The van der Waals surface area contributed by atoms with Crippen molar-refractivity contribution in [1.29, 1.82) is 0 Å². The predicted molar refractivity (Wildman–Crippen MR) is 282 cm³/mol. The van der Waals surface area contributed by atoms with Crippen LogP contribution in [0.5, 0.6) is 0 Å². The molecule has 0 saturated heterocycles. The largest absolute Gasteiger partial charge is 0.462 e. The highest BCUT2D eigenvalue weighted by atomic mass is 16.5. The standard InChI is InChI=1S/C59H107NO5/c1-4-7-10-13-16-19-22-25-28-30-32-35-38-41-44-47-50-55(65-59(64)52-49-46-43-40-37-34-31-29-26-23-20-17-14-11-8-5-2)53-58(63)60-56(54-61)57(62)51-48-45-42-39-36-33-27-24-21-18-15-12-9-6-3/h8,11,17,20,26,29,34,37,43,46,55-57,61-62H,4-7,9-10,12-16,18-19,21-25,27-28,30-33,35-36,38-42,44-45,47-54H2,1-3H3,(H,60,63)/b11-8+,20-17+,29-26+,37-34+,46-43+. The van der Waals surface area contributed by atoms with Crippen LogP contribution < -0.4 is 5.32 Å². The van der Waals surface area contributed by atoms with E-state index >= 15 is 0 Å². The Morgan fingerprint density at radius 1 is 0.462 bits per heavy atom. The topological polar surface area (TPSA) is 95.9 Å². The molecule has 0 fully saturated rings. The first-order valence-corrected chi connectivity index (χ1v) is 28.0. The molecule has 6 heteroatoms. The number of ether oxygens (including phenoxy) is 1. The molecule has 0 bridgehead atoms. The van der Waals surface area contributed by atoms with Crippen LogP contribution in [0, 0.1) is 0 Å². The fourth-order valence-electron chi connectivity index (χ4n) is 8.42. The SMILES string of the molecule is CC/C=C/C/C=C/C/C=C/C/C=C/C/C=C/CCC(=O)OC(CCCCCCCCCCCCCCCCCC)CC(=O)NC(CO)C(O)CCCCCCCCCCCCCCCC. The van der Waals surface area contributed by atoms with Crippen LogP contribution in [-0.2, 0) is 14.3 Å². The minimum absolute atomic E-state index is 0.0498. The molecule has 3 atom stereocenters. The van der Waals surface area contributed by atoms with Crippen LogP contribution in [0.2, 0.25) is 0 Å². The fraction of sp³-hybridized carbons (Fsp3) is 0.797. The maximum Gasteiger partial charge on any atom is 0.306 e. The zero-order valence-corrected chi connectivity index (χ0v) is 43.1. The molecule has 0 spiro atoms. The van der Waals surface area contributed by atoms with Gasteiger partial charge in [0.05, 0.1) is 25.2 Å². The zero-order valence-electron chi connectivity index (χ0n) is 43.1. The van der Waals surface area contributed by atoms with Gasteiger partial charge in [-0.1, -0.05) is 268 Å². The Hall–Kier alpha value is -2.44. The summed E-state index contributed by atoms with van der Waals surface area (Å²) in [6, 6.07) is -0.716. The van der Waals surface area contributed by atoms with E-state index in [0.29, 0.717) is 19.3 Å². The van der Waals surface area contributed by atoms with Crippen LogP contribution in [0.4, 0.5) is 0 Å². The van der Waals surface area contributed by atoms with E-state index < -0.39 is 18.2 Å². The molecule has 0 heterocycles. The summed E-state index contributed by atoms with van der Waals surface area (Å²) in [6.07, 6.45) is 65.8. The number of amides is 1. The van der Waals surface area contributed by atoms with Gasteiger partial charge >= 0.3 is 5.97 Å². The molecule has 0 aliphatic rings. The maximum atomic E-state index is 13.2. The van der Waals surface area contributed by atoms with Crippen molar-refractivity contribution >= 4 is 11.9 Å². The van der Waals surface area contributed by atoms with E-state index in [0.717, 1.165) is 70.6 Å². The summed E-state index contributed by atoms with van der Waals surface area (Å²) in [5, 5.41) is 23.8. The monoisotopic (exact) mass is 910 g/mol. The van der Waals surface area contributed by atoms with Crippen molar-refractivity contribution in [3.05, 3.63) is 60.8 Å². The molecular weight excluding hydrogens is 803 g/mol. The van der Waals surface area contributed by atoms with E-state index in [9.17, 15) is 19.8 Å². The molecule has 0 aliphatic heterocycles. The molecule has 65 heavy (non-hydrogen) atoms. The van der Waals surface area contributed by atoms with Gasteiger partial charge in [-0.3, -0.25) is 9.59 Å². The van der Waals surface area contributed by atoms with Crippen molar-refractivity contribution in [3.8, 4) is 0 Å². The lowest BCUT2D eigenvalue weighted by molar-refractivity contribution is -0.150. The van der Waals surface area contributed by atoms with Crippen LogP contribution in [0.25, 0.3) is 0 Å². The molecule has 0 rings (SSSR count). The van der Waals surface area contributed by atoms with E-state index in [1.165, 1.54) is 154 Å². The molecule has 0 aliphatic carbocycles. The molecule has 0 aromatic carbocycles. The van der Waals surface area contributed by atoms with Crippen LogP contribution in [0.3, 0.4) is 0 Å².